The molecule has 0 bridgehead atoms. The van der Waals surface area contributed by atoms with Crippen molar-refractivity contribution < 1.29 is 26.7 Å². The number of halogens is 5. The summed E-state index contributed by atoms with van der Waals surface area (Å²) in [6.45, 7) is 0.211. The zero-order chi connectivity index (χ0) is 21.3. The first-order chi connectivity index (χ1) is 13.6. The van der Waals surface area contributed by atoms with Crippen molar-refractivity contribution in [1.82, 2.24) is 5.32 Å². The minimum absolute atomic E-state index is 0.0181. The van der Waals surface area contributed by atoms with E-state index in [-0.39, 0.29) is 67.8 Å². The molecular formula is C19H25F5N4O. The fourth-order valence-electron chi connectivity index (χ4n) is 4.14. The van der Waals surface area contributed by atoms with E-state index in [0.29, 0.717) is 0 Å². The van der Waals surface area contributed by atoms with Crippen molar-refractivity contribution in [2.45, 2.75) is 50.5 Å². The standard InChI is InChI=1S/C19H25F5N4O/c1-26-16-14(25)8-13(17(15(16)21)28-7-6-11(20)9-28)18(29)27-12-4-2-10(3-5-12)19(22,23)24/h8,10-12,26H,2-7,9,25H2,1H3,(H,27,29)/t10-,11-,12-/m1/s1. The summed E-state index contributed by atoms with van der Waals surface area (Å²) in [5, 5.41) is 5.35. The highest BCUT2D eigenvalue weighted by atomic mass is 19.4. The van der Waals surface area contributed by atoms with Gasteiger partial charge in [-0.25, -0.2) is 8.78 Å². The summed E-state index contributed by atoms with van der Waals surface area (Å²) in [5.41, 5.74) is 5.83. The first kappa shape index (κ1) is 21.4. The van der Waals surface area contributed by atoms with Crippen LogP contribution in [0, 0.1) is 11.7 Å². The van der Waals surface area contributed by atoms with Crippen molar-refractivity contribution in [1.29, 1.82) is 0 Å². The maximum atomic E-state index is 15.1. The molecule has 5 nitrogen and oxygen atoms in total. The molecule has 1 amide bonds. The zero-order valence-electron chi connectivity index (χ0n) is 16.1. The SMILES string of the molecule is CNc1c(N)cc(C(=O)N[C@H]2CC[C@H](C(F)(F)F)CC2)c(N2CC[C@@H](F)C2)c1F. The van der Waals surface area contributed by atoms with Crippen molar-refractivity contribution in [2.75, 3.05) is 36.1 Å². The molecule has 0 radical (unpaired) electrons. The minimum Gasteiger partial charge on any atom is -0.397 e. The molecule has 2 fully saturated rings. The maximum Gasteiger partial charge on any atom is 0.391 e. The van der Waals surface area contributed by atoms with Crippen molar-refractivity contribution >= 4 is 23.0 Å². The first-order valence-electron chi connectivity index (χ1n) is 9.68. The lowest BCUT2D eigenvalue weighted by molar-refractivity contribution is -0.182. The maximum absolute atomic E-state index is 15.1. The summed E-state index contributed by atoms with van der Waals surface area (Å²) in [7, 11) is 1.49. The molecule has 1 aromatic rings. The summed E-state index contributed by atoms with van der Waals surface area (Å²) >= 11 is 0. The molecule has 162 valence electrons. The normalized spacial score (nSPS) is 25.2. The van der Waals surface area contributed by atoms with E-state index in [1.54, 1.807) is 0 Å². The van der Waals surface area contributed by atoms with Gasteiger partial charge in [-0.15, -0.1) is 0 Å². The van der Waals surface area contributed by atoms with Crippen molar-refractivity contribution in [3.8, 4) is 0 Å². The number of nitrogens with two attached hydrogens (primary N) is 1. The van der Waals surface area contributed by atoms with Gasteiger partial charge in [-0.05, 0) is 38.2 Å². The van der Waals surface area contributed by atoms with E-state index in [2.05, 4.69) is 10.6 Å². The third-order valence-electron chi connectivity index (χ3n) is 5.74. The molecule has 3 rings (SSSR count). The Morgan fingerprint density at radius 1 is 1.21 bits per heavy atom. The molecule has 0 aromatic heterocycles. The molecule has 1 saturated heterocycles. The number of nitrogens with one attached hydrogen (secondary N) is 2. The average molecular weight is 420 g/mol. The summed E-state index contributed by atoms with van der Waals surface area (Å²) in [6, 6.07) is 0.890. The summed E-state index contributed by atoms with van der Waals surface area (Å²) < 4.78 is 67.3. The Balaban J connectivity index is 1.81. The Bertz CT molecular complexity index is 762. The van der Waals surface area contributed by atoms with Crippen LogP contribution in [0.1, 0.15) is 42.5 Å². The predicted octanol–water partition coefficient (Wildman–Crippen LogP) is 3.85. The molecule has 1 heterocycles. The number of carbonyl (C=O) groups excluding carboxylic acids is 1. The van der Waals surface area contributed by atoms with E-state index in [4.69, 9.17) is 5.73 Å². The number of anilines is 3. The van der Waals surface area contributed by atoms with Crippen LogP contribution in [0.3, 0.4) is 0 Å². The lowest BCUT2D eigenvalue weighted by atomic mass is 9.85. The Morgan fingerprint density at radius 2 is 1.86 bits per heavy atom. The number of hydrogen-bond donors (Lipinski definition) is 3. The van der Waals surface area contributed by atoms with E-state index in [1.165, 1.54) is 18.0 Å². The highest BCUT2D eigenvalue weighted by Gasteiger charge is 2.41. The van der Waals surface area contributed by atoms with Crippen LogP contribution in [0.25, 0.3) is 0 Å². The molecule has 1 saturated carbocycles. The van der Waals surface area contributed by atoms with Gasteiger partial charge in [0.15, 0.2) is 5.82 Å². The Morgan fingerprint density at radius 3 is 2.38 bits per heavy atom. The fraction of sp³-hybridized carbons (Fsp3) is 0.632. The molecule has 10 heteroatoms. The lowest BCUT2D eigenvalue weighted by Crippen LogP contribution is -2.40. The van der Waals surface area contributed by atoms with Crippen LogP contribution in [0.15, 0.2) is 6.07 Å². The monoisotopic (exact) mass is 420 g/mol. The second-order valence-electron chi connectivity index (χ2n) is 7.70. The second-order valence-corrected chi connectivity index (χ2v) is 7.70. The number of benzene rings is 1. The van der Waals surface area contributed by atoms with Gasteiger partial charge in [-0.2, -0.15) is 13.2 Å². The lowest BCUT2D eigenvalue weighted by Gasteiger charge is -2.31. The molecule has 29 heavy (non-hydrogen) atoms. The van der Waals surface area contributed by atoms with E-state index in [9.17, 15) is 22.4 Å². The van der Waals surface area contributed by atoms with Crippen LogP contribution >= 0.6 is 0 Å². The first-order valence-corrected chi connectivity index (χ1v) is 9.68. The topological polar surface area (TPSA) is 70.4 Å². The smallest absolute Gasteiger partial charge is 0.391 e. The van der Waals surface area contributed by atoms with Gasteiger partial charge in [-0.1, -0.05) is 0 Å². The third kappa shape index (κ3) is 4.51. The van der Waals surface area contributed by atoms with Gasteiger partial charge in [0.05, 0.1) is 28.5 Å². The molecule has 1 atom stereocenters. The molecule has 1 aliphatic carbocycles. The molecule has 0 spiro atoms. The number of rotatable bonds is 4. The third-order valence-corrected chi connectivity index (χ3v) is 5.74. The zero-order valence-corrected chi connectivity index (χ0v) is 16.1. The van der Waals surface area contributed by atoms with E-state index in [0.717, 1.165) is 0 Å². The van der Waals surface area contributed by atoms with Gasteiger partial charge >= 0.3 is 6.18 Å². The van der Waals surface area contributed by atoms with Gasteiger partial charge < -0.3 is 21.3 Å². The molecule has 1 aromatic carbocycles. The van der Waals surface area contributed by atoms with E-state index >= 15 is 4.39 Å². The Kier molecular flexibility index (Phi) is 6.09. The van der Waals surface area contributed by atoms with Crippen LogP contribution in [0.2, 0.25) is 0 Å². The number of alkyl halides is 4. The van der Waals surface area contributed by atoms with Crippen LogP contribution in [-0.4, -0.2) is 44.4 Å². The van der Waals surface area contributed by atoms with Gasteiger partial charge in [0.1, 0.15) is 6.17 Å². The van der Waals surface area contributed by atoms with Gasteiger partial charge in [0.2, 0.25) is 0 Å². The van der Waals surface area contributed by atoms with E-state index < -0.39 is 36.0 Å². The van der Waals surface area contributed by atoms with Gasteiger partial charge in [-0.3, -0.25) is 4.79 Å². The molecule has 2 aliphatic rings. The molecule has 0 unspecified atom stereocenters. The summed E-state index contributed by atoms with van der Waals surface area (Å²) in [5.74, 6) is -2.72. The summed E-state index contributed by atoms with van der Waals surface area (Å²) in [6.07, 6.45) is -4.89. The largest absolute Gasteiger partial charge is 0.397 e. The predicted molar refractivity (Wildman–Crippen MR) is 101 cm³/mol. The molecular weight excluding hydrogens is 395 g/mol. The highest BCUT2D eigenvalue weighted by Crippen LogP contribution is 2.39. The Hall–Kier alpha value is -2.26. The number of nitrogens with zero attached hydrogens (tertiary/aromatic N) is 1. The molecule has 4 N–H and O–H groups in total. The van der Waals surface area contributed by atoms with Crippen molar-refractivity contribution in [3.63, 3.8) is 0 Å². The van der Waals surface area contributed by atoms with E-state index in [1.807, 2.05) is 0 Å². The fourth-order valence-corrected chi connectivity index (χ4v) is 4.14. The van der Waals surface area contributed by atoms with Crippen LogP contribution in [-0.2, 0) is 0 Å². The second kappa shape index (κ2) is 8.23. The van der Waals surface area contributed by atoms with Gasteiger partial charge in [0, 0.05) is 26.2 Å². The van der Waals surface area contributed by atoms with Crippen LogP contribution in [0.5, 0.6) is 0 Å². The quantitative estimate of drug-likeness (QED) is 0.511. The summed E-state index contributed by atoms with van der Waals surface area (Å²) in [4.78, 5) is 14.3. The average Bonchev–Trinajstić information content (AvgIpc) is 3.07. The van der Waals surface area contributed by atoms with Crippen molar-refractivity contribution in [3.05, 3.63) is 17.4 Å². The Labute approximate surface area is 165 Å². The minimum atomic E-state index is -4.23. The number of amides is 1. The molecule has 1 aliphatic heterocycles. The highest BCUT2D eigenvalue weighted by molar-refractivity contribution is 6.02. The van der Waals surface area contributed by atoms with Crippen molar-refractivity contribution in [2.24, 2.45) is 5.92 Å². The number of carbonyl (C=O) groups is 1. The van der Waals surface area contributed by atoms with Crippen LogP contribution in [0.4, 0.5) is 39.0 Å². The van der Waals surface area contributed by atoms with Gasteiger partial charge in [0.25, 0.3) is 5.91 Å². The number of nitrogen functional groups attached to an aromatic ring is 1. The van der Waals surface area contributed by atoms with Crippen LogP contribution < -0.4 is 21.3 Å². The number of hydrogen-bond acceptors (Lipinski definition) is 4.